The molecule has 3 atom stereocenters. The zero-order chi connectivity index (χ0) is 18.8. The van der Waals surface area contributed by atoms with Gasteiger partial charge in [0.25, 0.3) is 11.8 Å². The van der Waals surface area contributed by atoms with E-state index in [0.717, 1.165) is 5.39 Å². The minimum Gasteiger partial charge on any atom is -0.496 e. The molecule has 1 aromatic heterocycles. The Morgan fingerprint density at radius 3 is 2.81 bits per heavy atom. The van der Waals surface area contributed by atoms with Crippen molar-refractivity contribution in [3.05, 3.63) is 30.0 Å². The predicted octanol–water partition coefficient (Wildman–Crippen LogP) is 1.58. The lowest BCUT2D eigenvalue weighted by atomic mass is 9.99. The maximum Gasteiger partial charge on any atom is 0.255 e. The van der Waals surface area contributed by atoms with E-state index in [0.29, 0.717) is 23.4 Å². The summed E-state index contributed by atoms with van der Waals surface area (Å²) in [5, 5.41) is 4.03. The summed E-state index contributed by atoms with van der Waals surface area (Å²) in [4.78, 5) is 27.1. The molecule has 2 amide bonds. The molecule has 3 rings (SSSR count). The Morgan fingerprint density at radius 2 is 2.19 bits per heavy atom. The standard InChI is InChI=1S/C18H20FN3O4/c1-9-13(22-17(24)15(9)19)4-6-26-18-11-8-14(25-2)12(16(20)23)7-10(11)3-5-21-18/h3,5,7-9,13,15H,4,6H2,1-2H3,(H2,20,23)(H,22,24)/t9-,13+,15-/m0/s1. The van der Waals surface area contributed by atoms with Crippen LogP contribution < -0.4 is 20.5 Å². The van der Waals surface area contributed by atoms with Gasteiger partial charge < -0.3 is 20.5 Å². The molecule has 3 N–H and O–H groups in total. The summed E-state index contributed by atoms with van der Waals surface area (Å²) in [6.07, 6.45) is 0.543. The lowest BCUT2D eigenvalue weighted by Crippen LogP contribution is -2.29. The minimum absolute atomic E-state index is 0.258. The molecule has 8 heteroatoms. The predicted molar refractivity (Wildman–Crippen MR) is 92.9 cm³/mol. The number of nitrogens with one attached hydrogen (secondary N) is 1. The van der Waals surface area contributed by atoms with Crippen molar-refractivity contribution in [2.45, 2.75) is 25.6 Å². The number of primary amides is 1. The second kappa shape index (κ2) is 7.15. The van der Waals surface area contributed by atoms with Crippen LogP contribution in [-0.2, 0) is 4.79 Å². The van der Waals surface area contributed by atoms with Crippen LogP contribution in [-0.4, -0.2) is 42.7 Å². The van der Waals surface area contributed by atoms with Gasteiger partial charge in [0.05, 0.1) is 19.3 Å². The zero-order valence-electron chi connectivity index (χ0n) is 14.5. The Morgan fingerprint density at radius 1 is 1.42 bits per heavy atom. The van der Waals surface area contributed by atoms with Crippen LogP contribution in [0.5, 0.6) is 11.6 Å². The molecule has 0 bridgehead atoms. The number of aromatic nitrogens is 1. The van der Waals surface area contributed by atoms with Gasteiger partial charge in [-0.2, -0.15) is 0 Å². The summed E-state index contributed by atoms with van der Waals surface area (Å²) in [5.41, 5.74) is 5.65. The number of halogens is 1. The molecule has 0 aliphatic carbocycles. The third kappa shape index (κ3) is 3.26. The van der Waals surface area contributed by atoms with Gasteiger partial charge in [0.15, 0.2) is 6.17 Å². The van der Waals surface area contributed by atoms with Crippen LogP contribution in [0, 0.1) is 5.92 Å². The molecule has 0 unspecified atom stereocenters. The minimum atomic E-state index is -1.48. The number of benzene rings is 1. The van der Waals surface area contributed by atoms with Crippen molar-refractivity contribution < 1.29 is 23.5 Å². The van der Waals surface area contributed by atoms with Gasteiger partial charge >= 0.3 is 0 Å². The van der Waals surface area contributed by atoms with Gasteiger partial charge in [0.2, 0.25) is 5.88 Å². The van der Waals surface area contributed by atoms with E-state index in [9.17, 15) is 14.0 Å². The Balaban J connectivity index is 1.78. The van der Waals surface area contributed by atoms with E-state index in [1.54, 1.807) is 31.3 Å². The van der Waals surface area contributed by atoms with Crippen LogP contribution in [0.25, 0.3) is 10.8 Å². The molecule has 1 aromatic carbocycles. The van der Waals surface area contributed by atoms with Crippen molar-refractivity contribution in [1.82, 2.24) is 10.3 Å². The number of hydrogen-bond acceptors (Lipinski definition) is 5. The first kappa shape index (κ1) is 17.9. The van der Waals surface area contributed by atoms with E-state index in [1.165, 1.54) is 7.11 Å². The average molecular weight is 361 g/mol. The van der Waals surface area contributed by atoms with Gasteiger partial charge in [0, 0.05) is 30.0 Å². The zero-order valence-corrected chi connectivity index (χ0v) is 14.5. The second-order valence-electron chi connectivity index (χ2n) is 6.27. The molecule has 138 valence electrons. The van der Waals surface area contributed by atoms with Crippen LogP contribution in [0.4, 0.5) is 4.39 Å². The molecule has 1 saturated heterocycles. The summed E-state index contributed by atoms with van der Waals surface area (Å²) in [6, 6.07) is 4.73. The number of nitrogens with zero attached hydrogens (tertiary/aromatic N) is 1. The molecule has 2 aromatic rings. The lowest BCUT2D eigenvalue weighted by molar-refractivity contribution is -0.123. The Labute approximate surface area is 149 Å². The Kier molecular flexibility index (Phi) is 4.92. The van der Waals surface area contributed by atoms with Gasteiger partial charge in [-0.15, -0.1) is 0 Å². The van der Waals surface area contributed by atoms with Crippen LogP contribution in [0.2, 0.25) is 0 Å². The molecular weight excluding hydrogens is 341 g/mol. The van der Waals surface area contributed by atoms with E-state index in [2.05, 4.69) is 10.3 Å². The fourth-order valence-corrected chi connectivity index (χ4v) is 3.11. The first-order chi connectivity index (χ1) is 12.4. The number of hydrogen-bond donors (Lipinski definition) is 2. The molecule has 7 nitrogen and oxygen atoms in total. The van der Waals surface area contributed by atoms with E-state index >= 15 is 0 Å². The van der Waals surface area contributed by atoms with Crippen molar-refractivity contribution in [1.29, 1.82) is 0 Å². The maximum absolute atomic E-state index is 13.6. The van der Waals surface area contributed by atoms with Gasteiger partial charge in [-0.05, 0) is 23.6 Å². The fraction of sp³-hybridized carbons (Fsp3) is 0.389. The maximum atomic E-state index is 13.6. The normalized spacial score (nSPS) is 22.3. The molecule has 26 heavy (non-hydrogen) atoms. The third-order valence-electron chi connectivity index (χ3n) is 4.66. The molecule has 1 aliphatic heterocycles. The number of alkyl halides is 1. The molecule has 2 heterocycles. The van der Waals surface area contributed by atoms with E-state index in [4.69, 9.17) is 15.2 Å². The molecule has 1 fully saturated rings. The Bertz CT molecular complexity index is 858. The number of carbonyl (C=O) groups excluding carboxylic acids is 2. The fourth-order valence-electron chi connectivity index (χ4n) is 3.11. The first-order valence-electron chi connectivity index (χ1n) is 8.26. The summed E-state index contributed by atoms with van der Waals surface area (Å²) < 4.78 is 24.6. The number of methoxy groups -OCH3 is 1. The topological polar surface area (TPSA) is 104 Å². The van der Waals surface area contributed by atoms with Gasteiger partial charge in [-0.1, -0.05) is 6.92 Å². The van der Waals surface area contributed by atoms with Gasteiger partial charge in [-0.25, -0.2) is 9.37 Å². The second-order valence-corrected chi connectivity index (χ2v) is 6.27. The summed E-state index contributed by atoms with van der Waals surface area (Å²) in [7, 11) is 1.45. The highest BCUT2D eigenvalue weighted by atomic mass is 19.1. The molecule has 1 aliphatic rings. The smallest absolute Gasteiger partial charge is 0.255 e. The summed E-state index contributed by atoms with van der Waals surface area (Å²) in [5.74, 6) is -0.862. The van der Waals surface area contributed by atoms with Gasteiger partial charge in [-0.3, -0.25) is 9.59 Å². The Hall–Kier alpha value is -2.90. The largest absolute Gasteiger partial charge is 0.496 e. The quantitative estimate of drug-likeness (QED) is 0.813. The number of pyridine rings is 1. The number of rotatable bonds is 6. The van der Waals surface area contributed by atoms with Crippen molar-refractivity contribution in [3.8, 4) is 11.6 Å². The van der Waals surface area contributed by atoms with Crippen molar-refractivity contribution in [2.75, 3.05) is 13.7 Å². The molecular formula is C18H20FN3O4. The van der Waals surface area contributed by atoms with Gasteiger partial charge in [0.1, 0.15) is 5.75 Å². The molecule has 0 radical (unpaired) electrons. The highest BCUT2D eigenvalue weighted by Gasteiger charge is 2.39. The monoisotopic (exact) mass is 361 g/mol. The van der Waals surface area contributed by atoms with Crippen LogP contribution in [0.3, 0.4) is 0 Å². The number of fused-ring (bicyclic) bond motifs is 1. The van der Waals surface area contributed by atoms with Crippen molar-refractivity contribution in [2.24, 2.45) is 11.7 Å². The lowest BCUT2D eigenvalue weighted by Gasteiger charge is -2.16. The highest BCUT2D eigenvalue weighted by molar-refractivity contribution is 6.01. The number of carbonyl (C=O) groups is 2. The van der Waals surface area contributed by atoms with Crippen molar-refractivity contribution in [3.63, 3.8) is 0 Å². The van der Waals surface area contributed by atoms with E-state index < -0.39 is 23.9 Å². The molecule has 0 saturated carbocycles. The van der Waals surface area contributed by atoms with E-state index in [-0.39, 0.29) is 18.2 Å². The number of amides is 2. The van der Waals surface area contributed by atoms with E-state index in [1.807, 2.05) is 0 Å². The first-order valence-corrected chi connectivity index (χ1v) is 8.26. The molecule has 0 spiro atoms. The van der Waals surface area contributed by atoms with Crippen LogP contribution in [0.1, 0.15) is 23.7 Å². The SMILES string of the molecule is COc1cc2c(OCC[C@H]3NC(=O)[C@@H](F)[C@H]3C)nccc2cc1C(N)=O. The average Bonchev–Trinajstić information content (AvgIpc) is 2.87. The number of ether oxygens (including phenoxy) is 2. The summed E-state index contributed by atoms with van der Waals surface area (Å²) in [6.45, 7) is 1.95. The summed E-state index contributed by atoms with van der Waals surface area (Å²) >= 11 is 0. The van der Waals surface area contributed by atoms with Crippen LogP contribution >= 0.6 is 0 Å². The third-order valence-corrected chi connectivity index (χ3v) is 4.66. The van der Waals surface area contributed by atoms with Crippen LogP contribution in [0.15, 0.2) is 24.4 Å². The number of nitrogens with two attached hydrogens (primary N) is 1. The highest BCUT2D eigenvalue weighted by Crippen LogP contribution is 2.31. The van der Waals surface area contributed by atoms with Crippen molar-refractivity contribution >= 4 is 22.6 Å².